The van der Waals surface area contributed by atoms with Crippen molar-refractivity contribution < 1.29 is 19.5 Å². The first-order valence-corrected chi connectivity index (χ1v) is 6.79. The molecular formula is C11H18N2O4S. The predicted molar refractivity (Wildman–Crippen MR) is 70.5 cm³/mol. The molecule has 0 aliphatic carbocycles. The fraction of sp³-hybridized carbons (Fsp3) is 0.545. The Hall–Kier alpha value is -1.50. The van der Waals surface area contributed by atoms with E-state index in [1.807, 2.05) is 13.2 Å². The topological polar surface area (TPSA) is 86.7 Å². The zero-order valence-electron chi connectivity index (χ0n) is 10.7. The van der Waals surface area contributed by atoms with Crippen molar-refractivity contribution in [2.24, 2.45) is 0 Å². The van der Waals surface area contributed by atoms with Crippen molar-refractivity contribution >= 4 is 29.7 Å². The summed E-state index contributed by atoms with van der Waals surface area (Å²) in [4.78, 5) is 34.5. The smallest absolute Gasteiger partial charge is 0.328 e. The standard InChI is InChI=1S/C11H18N2O4S/c1-4-8(7-18-3)13(2)11(17)12-9(14)5-6-10(15)16/h5-6,8H,4,7H2,1-3H3,(H,15,16)(H,12,14,17)/b6-5+. The molecule has 0 fully saturated rings. The summed E-state index contributed by atoms with van der Waals surface area (Å²) in [5.74, 6) is -1.20. The Morgan fingerprint density at radius 2 is 2.00 bits per heavy atom. The summed E-state index contributed by atoms with van der Waals surface area (Å²) in [6.45, 7) is 1.96. The fourth-order valence-electron chi connectivity index (χ4n) is 1.24. The van der Waals surface area contributed by atoms with E-state index in [9.17, 15) is 14.4 Å². The number of hydrogen-bond donors (Lipinski definition) is 2. The van der Waals surface area contributed by atoms with Gasteiger partial charge in [0.25, 0.3) is 5.91 Å². The number of thioether (sulfide) groups is 1. The van der Waals surface area contributed by atoms with Crippen molar-refractivity contribution in [3.8, 4) is 0 Å². The Labute approximate surface area is 110 Å². The van der Waals surface area contributed by atoms with Crippen LogP contribution in [-0.4, -0.2) is 53.0 Å². The van der Waals surface area contributed by atoms with Crippen molar-refractivity contribution in [1.82, 2.24) is 10.2 Å². The van der Waals surface area contributed by atoms with Crippen LogP contribution in [0.4, 0.5) is 4.79 Å². The number of rotatable bonds is 6. The number of carbonyl (C=O) groups is 3. The first-order valence-electron chi connectivity index (χ1n) is 5.40. The van der Waals surface area contributed by atoms with Crippen LogP contribution in [0.1, 0.15) is 13.3 Å². The van der Waals surface area contributed by atoms with Crippen molar-refractivity contribution in [1.29, 1.82) is 0 Å². The zero-order chi connectivity index (χ0) is 14.1. The molecule has 1 atom stereocenters. The van der Waals surface area contributed by atoms with Gasteiger partial charge in [0.15, 0.2) is 0 Å². The second-order valence-electron chi connectivity index (χ2n) is 3.59. The normalized spacial score (nSPS) is 12.2. The summed E-state index contributed by atoms with van der Waals surface area (Å²) in [7, 11) is 1.61. The van der Waals surface area contributed by atoms with Gasteiger partial charge in [0.1, 0.15) is 0 Å². The van der Waals surface area contributed by atoms with Crippen molar-refractivity contribution in [3.05, 3.63) is 12.2 Å². The van der Waals surface area contributed by atoms with Gasteiger partial charge in [-0.15, -0.1) is 0 Å². The molecule has 0 saturated carbocycles. The van der Waals surface area contributed by atoms with Gasteiger partial charge in [-0.3, -0.25) is 10.1 Å². The lowest BCUT2D eigenvalue weighted by Crippen LogP contribution is -2.46. The first-order chi connectivity index (χ1) is 8.42. The summed E-state index contributed by atoms with van der Waals surface area (Å²) in [5.41, 5.74) is 0. The van der Waals surface area contributed by atoms with Crippen LogP contribution >= 0.6 is 11.8 Å². The number of urea groups is 1. The van der Waals surface area contributed by atoms with Gasteiger partial charge in [0.05, 0.1) is 0 Å². The maximum atomic E-state index is 11.7. The minimum Gasteiger partial charge on any atom is -0.478 e. The SMILES string of the molecule is CCC(CSC)N(C)C(=O)NC(=O)/C=C/C(=O)O. The van der Waals surface area contributed by atoms with Crippen LogP contribution < -0.4 is 5.32 Å². The maximum Gasteiger partial charge on any atom is 0.328 e. The van der Waals surface area contributed by atoms with Crippen molar-refractivity contribution in [3.63, 3.8) is 0 Å². The fourth-order valence-corrected chi connectivity index (χ4v) is 2.09. The predicted octanol–water partition coefficient (Wildman–Crippen LogP) is 0.937. The van der Waals surface area contributed by atoms with Crippen LogP contribution in [0.15, 0.2) is 12.2 Å². The first kappa shape index (κ1) is 16.5. The molecule has 102 valence electrons. The highest BCUT2D eigenvalue weighted by molar-refractivity contribution is 7.98. The number of carboxylic acids is 1. The van der Waals surface area contributed by atoms with E-state index in [2.05, 4.69) is 5.32 Å². The van der Waals surface area contributed by atoms with Crippen LogP contribution in [0.2, 0.25) is 0 Å². The molecule has 0 bridgehead atoms. The molecule has 18 heavy (non-hydrogen) atoms. The molecule has 0 radical (unpaired) electrons. The third-order valence-electron chi connectivity index (χ3n) is 2.31. The van der Waals surface area contributed by atoms with E-state index in [0.717, 1.165) is 18.2 Å². The molecule has 0 aromatic heterocycles. The third-order valence-corrected chi connectivity index (χ3v) is 3.02. The van der Waals surface area contributed by atoms with E-state index < -0.39 is 17.9 Å². The quantitative estimate of drug-likeness (QED) is 0.704. The van der Waals surface area contributed by atoms with Crippen LogP contribution in [0.25, 0.3) is 0 Å². The molecular weight excluding hydrogens is 256 g/mol. The lowest BCUT2D eigenvalue weighted by molar-refractivity contribution is -0.131. The average Bonchev–Trinajstić information content (AvgIpc) is 2.32. The number of amides is 3. The molecule has 6 nitrogen and oxygen atoms in total. The van der Waals surface area contributed by atoms with Crippen LogP contribution in [-0.2, 0) is 9.59 Å². The minimum absolute atomic E-state index is 0.0382. The van der Waals surface area contributed by atoms with E-state index in [0.29, 0.717) is 6.08 Å². The molecule has 7 heteroatoms. The third kappa shape index (κ3) is 6.29. The van der Waals surface area contributed by atoms with Crippen molar-refractivity contribution in [2.45, 2.75) is 19.4 Å². The van der Waals surface area contributed by atoms with E-state index >= 15 is 0 Å². The molecule has 0 aliphatic rings. The molecule has 0 aromatic carbocycles. The maximum absolute atomic E-state index is 11.7. The van der Waals surface area contributed by atoms with E-state index in [-0.39, 0.29) is 6.04 Å². The van der Waals surface area contributed by atoms with Crippen LogP contribution in [0.3, 0.4) is 0 Å². The average molecular weight is 274 g/mol. The zero-order valence-corrected chi connectivity index (χ0v) is 11.5. The van der Waals surface area contributed by atoms with Crippen LogP contribution in [0.5, 0.6) is 0 Å². The largest absolute Gasteiger partial charge is 0.478 e. The number of hydrogen-bond acceptors (Lipinski definition) is 4. The second-order valence-corrected chi connectivity index (χ2v) is 4.50. The molecule has 1 unspecified atom stereocenters. The van der Waals surface area contributed by atoms with Gasteiger partial charge in [0.2, 0.25) is 0 Å². The molecule has 2 N–H and O–H groups in total. The van der Waals surface area contributed by atoms with Gasteiger partial charge in [-0.25, -0.2) is 9.59 Å². The Morgan fingerprint density at radius 1 is 1.39 bits per heavy atom. The summed E-state index contributed by atoms with van der Waals surface area (Å²) in [6, 6.07) is -0.493. The molecule has 0 heterocycles. The highest BCUT2D eigenvalue weighted by Crippen LogP contribution is 2.08. The van der Waals surface area contributed by atoms with Gasteiger partial charge in [-0.2, -0.15) is 11.8 Å². The lowest BCUT2D eigenvalue weighted by atomic mass is 10.2. The summed E-state index contributed by atoms with van der Waals surface area (Å²) in [6.07, 6.45) is 4.21. The molecule has 0 rings (SSSR count). The summed E-state index contributed by atoms with van der Waals surface area (Å²) >= 11 is 1.61. The van der Waals surface area contributed by atoms with Gasteiger partial charge >= 0.3 is 12.0 Å². The highest BCUT2D eigenvalue weighted by Gasteiger charge is 2.18. The molecule has 0 aliphatic heterocycles. The Balaban J connectivity index is 4.38. The number of carboxylic acid groups (broad SMARTS) is 1. The lowest BCUT2D eigenvalue weighted by Gasteiger charge is -2.26. The van der Waals surface area contributed by atoms with E-state index in [4.69, 9.17) is 5.11 Å². The monoisotopic (exact) mass is 274 g/mol. The van der Waals surface area contributed by atoms with Crippen LogP contribution in [0, 0.1) is 0 Å². The second kappa shape index (κ2) is 8.57. The van der Waals surface area contributed by atoms with Crippen molar-refractivity contribution in [2.75, 3.05) is 19.1 Å². The Bertz CT molecular complexity index is 344. The molecule has 0 spiro atoms. The summed E-state index contributed by atoms with van der Waals surface area (Å²) < 4.78 is 0. The van der Waals surface area contributed by atoms with Gasteiger partial charge in [0, 0.05) is 31.0 Å². The number of imide groups is 1. The number of nitrogens with zero attached hydrogens (tertiary/aromatic N) is 1. The molecule has 3 amide bonds. The van der Waals surface area contributed by atoms with Gasteiger partial charge in [-0.05, 0) is 12.7 Å². The highest BCUT2D eigenvalue weighted by atomic mass is 32.2. The van der Waals surface area contributed by atoms with E-state index in [1.54, 1.807) is 18.8 Å². The Morgan fingerprint density at radius 3 is 2.44 bits per heavy atom. The molecule has 0 saturated heterocycles. The van der Waals surface area contributed by atoms with Gasteiger partial charge < -0.3 is 10.0 Å². The van der Waals surface area contributed by atoms with Gasteiger partial charge in [-0.1, -0.05) is 6.92 Å². The summed E-state index contributed by atoms with van der Waals surface area (Å²) in [5, 5.41) is 10.4. The van der Waals surface area contributed by atoms with E-state index in [1.165, 1.54) is 4.90 Å². The number of nitrogens with one attached hydrogen (secondary N) is 1. The Kier molecular flexibility index (Phi) is 7.86. The number of aliphatic carboxylic acids is 1. The minimum atomic E-state index is -1.24. The molecule has 0 aromatic rings. The number of carbonyl (C=O) groups excluding carboxylic acids is 2.